The topological polar surface area (TPSA) is 79.0 Å². The summed E-state index contributed by atoms with van der Waals surface area (Å²) in [5.41, 5.74) is -0.543. The highest BCUT2D eigenvalue weighted by atomic mass is 16.6. The summed E-state index contributed by atoms with van der Waals surface area (Å²) in [4.78, 5) is 39.7. The monoisotopic (exact) mass is 339 g/mol. The zero-order chi connectivity index (χ0) is 17.7. The van der Waals surface area contributed by atoms with E-state index in [0.29, 0.717) is 19.5 Å². The molecule has 136 valence electrons. The van der Waals surface area contributed by atoms with E-state index in [0.717, 1.165) is 25.9 Å². The van der Waals surface area contributed by atoms with E-state index in [1.54, 1.807) is 4.90 Å². The summed E-state index contributed by atoms with van der Waals surface area (Å²) in [5.74, 6) is -0.455. The first-order valence-corrected chi connectivity index (χ1v) is 8.80. The Hall–Kier alpha value is -1.79. The van der Waals surface area contributed by atoms with Gasteiger partial charge in [0, 0.05) is 26.2 Å². The van der Waals surface area contributed by atoms with Gasteiger partial charge in [-0.15, -0.1) is 0 Å². The van der Waals surface area contributed by atoms with Crippen molar-refractivity contribution in [2.75, 3.05) is 32.7 Å². The second-order valence-electron chi connectivity index (χ2n) is 7.57. The van der Waals surface area contributed by atoms with Gasteiger partial charge >= 0.3 is 6.09 Å². The molecule has 0 aromatic rings. The van der Waals surface area contributed by atoms with Gasteiger partial charge in [-0.2, -0.15) is 0 Å². The van der Waals surface area contributed by atoms with Crippen LogP contribution < -0.4 is 5.32 Å². The van der Waals surface area contributed by atoms with Gasteiger partial charge in [0.05, 0.1) is 12.5 Å². The molecule has 0 saturated carbocycles. The number of hydrogen-bond donors (Lipinski definition) is 1. The molecule has 0 aromatic heterocycles. The minimum atomic E-state index is -0.543. The van der Waals surface area contributed by atoms with Crippen LogP contribution >= 0.6 is 0 Å². The number of hydrogen-bond acceptors (Lipinski definition) is 4. The van der Waals surface area contributed by atoms with E-state index in [4.69, 9.17) is 4.74 Å². The number of carbonyl (C=O) groups excluding carboxylic acids is 3. The fraction of sp³-hybridized carbons (Fsp3) is 0.824. The molecule has 0 unspecified atom stereocenters. The SMILES string of the molecule is CC(C)(C)OC(=O)N1CC[C@@H](C(=O)NCC(=O)N2CCCCC2)C1. The lowest BCUT2D eigenvalue weighted by Crippen LogP contribution is -2.44. The standard InChI is InChI=1S/C17H29N3O4/c1-17(2,3)24-16(23)20-10-7-13(12-20)15(22)18-11-14(21)19-8-5-4-6-9-19/h13H,4-12H2,1-3H3,(H,18,22)/t13-/m1/s1. The first-order valence-electron chi connectivity index (χ1n) is 8.80. The van der Waals surface area contributed by atoms with Crippen LogP contribution in [0.4, 0.5) is 4.79 Å². The minimum absolute atomic E-state index is 0.0231. The van der Waals surface area contributed by atoms with Crippen molar-refractivity contribution in [3.05, 3.63) is 0 Å². The zero-order valence-corrected chi connectivity index (χ0v) is 15.0. The molecular formula is C17H29N3O4. The first kappa shape index (κ1) is 18.5. The molecule has 7 heteroatoms. The van der Waals surface area contributed by atoms with Gasteiger partial charge in [-0.3, -0.25) is 9.59 Å². The van der Waals surface area contributed by atoms with Crippen molar-refractivity contribution in [1.29, 1.82) is 0 Å². The fourth-order valence-electron chi connectivity index (χ4n) is 3.03. The van der Waals surface area contributed by atoms with Gasteiger partial charge < -0.3 is 19.9 Å². The van der Waals surface area contributed by atoms with Gasteiger partial charge in [-0.1, -0.05) is 0 Å². The number of nitrogens with zero attached hydrogens (tertiary/aromatic N) is 2. The van der Waals surface area contributed by atoms with E-state index in [-0.39, 0.29) is 30.4 Å². The molecule has 1 atom stereocenters. The predicted octanol–water partition coefficient (Wildman–Crippen LogP) is 1.37. The lowest BCUT2D eigenvalue weighted by molar-refractivity contribution is -0.134. The Bertz CT molecular complexity index is 481. The van der Waals surface area contributed by atoms with E-state index < -0.39 is 5.60 Å². The summed E-state index contributed by atoms with van der Waals surface area (Å²) in [6.07, 6.45) is 3.45. The summed E-state index contributed by atoms with van der Waals surface area (Å²) in [6, 6.07) is 0. The number of carbonyl (C=O) groups is 3. The molecule has 24 heavy (non-hydrogen) atoms. The molecule has 2 rings (SSSR count). The van der Waals surface area contributed by atoms with Crippen LogP contribution in [-0.4, -0.2) is 66.0 Å². The van der Waals surface area contributed by atoms with Crippen molar-refractivity contribution in [1.82, 2.24) is 15.1 Å². The molecule has 1 N–H and O–H groups in total. The summed E-state index contributed by atoms with van der Waals surface area (Å²) >= 11 is 0. The summed E-state index contributed by atoms with van der Waals surface area (Å²) < 4.78 is 5.32. The van der Waals surface area contributed by atoms with Crippen LogP contribution in [-0.2, 0) is 14.3 Å². The van der Waals surface area contributed by atoms with Crippen LogP contribution in [0.25, 0.3) is 0 Å². The summed E-state index contributed by atoms with van der Waals surface area (Å²) in [5, 5.41) is 2.72. The molecule has 0 spiro atoms. The third-order valence-corrected chi connectivity index (χ3v) is 4.33. The number of ether oxygens (including phenoxy) is 1. The highest BCUT2D eigenvalue weighted by Gasteiger charge is 2.33. The van der Waals surface area contributed by atoms with Crippen LogP contribution in [0.2, 0.25) is 0 Å². The number of piperidine rings is 1. The molecule has 2 aliphatic heterocycles. The molecule has 2 heterocycles. The molecule has 0 bridgehead atoms. The maximum absolute atomic E-state index is 12.2. The van der Waals surface area contributed by atoms with Crippen molar-refractivity contribution in [2.45, 2.75) is 52.1 Å². The fourth-order valence-corrected chi connectivity index (χ4v) is 3.03. The molecule has 0 radical (unpaired) electrons. The quantitative estimate of drug-likeness (QED) is 0.842. The lowest BCUT2D eigenvalue weighted by Gasteiger charge is -2.27. The summed E-state index contributed by atoms with van der Waals surface area (Å²) in [7, 11) is 0. The minimum Gasteiger partial charge on any atom is -0.444 e. The van der Waals surface area contributed by atoms with Crippen molar-refractivity contribution in [3.8, 4) is 0 Å². The second-order valence-corrected chi connectivity index (χ2v) is 7.57. The molecule has 2 aliphatic rings. The van der Waals surface area contributed by atoms with Gasteiger partial charge in [0.2, 0.25) is 11.8 Å². The van der Waals surface area contributed by atoms with Crippen LogP contribution in [0.3, 0.4) is 0 Å². The Balaban J connectivity index is 1.73. The normalized spacial score (nSPS) is 21.5. The van der Waals surface area contributed by atoms with Crippen molar-refractivity contribution < 1.29 is 19.1 Å². The highest BCUT2D eigenvalue weighted by Crippen LogP contribution is 2.19. The van der Waals surface area contributed by atoms with Gasteiger partial charge in [0.15, 0.2) is 0 Å². The van der Waals surface area contributed by atoms with E-state index in [9.17, 15) is 14.4 Å². The average Bonchev–Trinajstić information content (AvgIpc) is 3.01. The van der Waals surface area contributed by atoms with Crippen LogP contribution in [0.5, 0.6) is 0 Å². The predicted molar refractivity (Wildman–Crippen MR) is 89.4 cm³/mol. The Morgan fingerprint density at radius 3 is 2.33 bits per heavy atom. The van der Waals surface area contributed by atoms with Crippen LogP contribution in [0, 0.1) is 5.92 Å². The molecule has 0 aromatic carbocycles. The third kappa shape index (κ3) is 5.39. The number of likely N-dealkylation sites (tertiary alicyclic amines) is 2. The van der Waals surface area contributed by atoms with Crippen molar-refractivity contribution >= 4 is 17.9 Å². The molecule has 2 fully saturated rings. The Kier molecular flexibility index (Phi) is 6.07. The molecular weight excluding hydrogens is 310 g/mol. The van der Waals surface area contributed by atoms with Gasteiger partial charge in [-0.05, 0) is 46.5 Å². The van der Waals surface area contributed by atoms with Crippen LogP contribution in [0.1, 0.15) is 46.5 Å². The Morgan fingerprint density at radius 2 is 1.71 bits per heavy atom. The second kappa shape index (κ2) is 7.85. The number of nitrogens with one attached hydrogen (secondary N) is 1. The lowest BCUT2D eigenvalue weighted by atomic mass is 10.1. The zero-order valence-electron chi connectivity index (χ0n) is 15.0. The van der Waals surface area contributed by atoms with E-state index >= 15 is 0 Å². The van der Waals surface area contributed by atoms with Gasteiger partial charge in [-0.25, -0.2) is 4.79 Å². The van der Waals surface area contributed by atoms with Gasteiger partial charge in [0.25, 0.3) is 0 Å². The van der Waals surface area contributed by atoms with Crippen molar-refractivity contribution in [2.24, 2.45) is 5.92 Å². The first-order chi connectivity index (χ1) is 11.3. The largest absolute Gasteiger partial charge is 0.444 e. The van der Waals surface area contributed by atoms with E-state index in [2.05, 4.69) is 5.32 Å². The van der Waals surface area contributed by atoms with E-state index in [1.165, 1.54) is 6.42 Å². The summed E-state index contributed by atoms with van der Waals surface area (Å²) in [6.45, 7) is 7.91. The average molecular weight is 339 g/mol. The number of amides is 3. The maximum atomic E-state index is 12.2. The Labute approximate surface area is 143 Å². The van der Waals surface area contributed by atoms with Crippen molar-refractivity contribution in [3.63, 3.8) is 0 Å². The smallest absolute Gasteiger partial charge is 0.410 e. The third-order valence-electron chi connectivity index (χ3n) is 4.33. The van der Waals surface area contributed by atoms with Gasteiger partial charge in [0.1, 0.15) is 5.60 Å². The van der Waals surface area contributed by atoms with E-state index in [1.807, 2.05) is 25.7 Å². The van der Waals surface area contributed by atoms with Crippen LogP contribution in [0.15, 0.2) is 0 Å². The molecule has 7 nitrogen and oxygen atoms in total. The Morgan fingerprint density at radius 1 is 1.04 bits per heavy atom. The molecule has 0 aliphatic carbocycles. The molecule has 3 amide bonds. The highest BCUT2D eigenvalue weighted by molar-refractivity contribution is 5.86. The number of rotatable bonds is 3. The maximum Gasteiger partial charge on any atom is 0.410 e. The molecule has 2 saturated heterocycles.